The predicted molar refractivity (Wildman–Crippen MR) is 73.0 cm³/mol. The molecule has 0 aliphatic heterocycles. The van der Waals surface area contributed by atoms with E-state index in [1.54, 1.807) is 0 Å². The number of pyridine rings is 1. The monoisotopic (exact) mass is 227 g/mol. The van der Waals surface area contributed by atoms with Gasteiger partial charge in [0, 0.05) is 19.8 Å². The Morgan fingerprint density at radius 1 is 1.06 bits per heavy atom. The number of anilines is 3. The fraction of sp³-hybridized carbons (Fsp3) is 0.214. The van der Waals surface area contributed by atoms with Crippen LogP contribution >= 0.6 is 0 Å². The molecule has 17 heavy (non-hydrogen) atoms. The molecule has 0 amide bonds. The third-order valence-corrected chi connectivity index (χ3v) is 2.81. The second-order valence-electron chi connectivity index (χ2n) is 3.98. The zero-order valence-electron chi connectivity index (χ0n) is 10.4. The van der Waals surface area contributed by atoms with E-state index in [1.807, 2.05) is 44.4 Å². The topological polar surface area (TPSA) is 28.2 Å². The summed E-state index contributed by atoms with van der Waals surface area (Å²) in [6.45, 7) is 2.10. The first-order valence-corrected chi connectivity index (χ1v) is 5.66. The summed E-state index contributed by atoms with van der Waals surface area (Å²) in [7, 11) is 3.91. The summed E-state index contributed by atoms with van der Waals surface area (Å²) in [6.07, 6.45) is 0. The number of para-hydroxylation sites is 1. The molecule has 0 aliphatic carbocycles. The number of aromatic nitrogens is 1. The highest BCUT2D eigenvalue weighted by molar-refractivity contribution is 5.63. The zero-order valence-corrected chi connectivity index (χ0v) is 10.4. The minimum Gasteiger partial charge on any atom is -0.373 e. The van der Waals surface area contributed by atoms with Gasteiger partial charge in [0.15, 0.2) is 0 Å². The summed E-state index contributed by atoms with van der Waals surface area (Å²) in [5, 5.41) is 3.05. The van der Waals surface area contributed by atoms with Gasteiger partial charge in [0.05, 0.1) is 0 Å². The molecule has 2 rings (SSSR count). The van der Waals surface area contributed by atoms with E-state index < -0.39 is 0 Å². The Morgan fingerprint density at radius 3 is 2.53 bits per heavy atom. The van der Waals surface area contributed by atoms with Crippen molar-refractivity contribution in [3.63, 3.8) is 0 Å². The second kappa shape index (κ2) is 4.87. The van der Waals surface area contributed by atoms with E-state index in [-0.39, 0.29) is 0 Å². The van der Waals surface area contributed by atoms with Crippen LogP contribution in [0.1, 0.15) is 5.56 Å². The lowest BCUT2D eigenvalue weighted by molar-refractivity contribution is 1.11. The van der Waals surface area contributed by atoms with Gasteiger partial charge in [-0.3, -0.25) is 0 Å². The zero-order chi connectivity index (χ0) is 12.3. The van der Waals surface area contributed by atoms with E-state index in [4.69, 9.17) is 0 Å². The number of hydrogen-bond acceptors (Lipinski definition) is 3. The van der Waals surface area contributed by atoms with Gasteiger partial charge in [0.1, 0.15) is 11.6 Å². The van der Waals surface area contributed by atoms with Gasteiger partial charge < -0.3 is 10.2 Å². The van der Waals surface area contributed by atoms with Crippen LogP contribution in [0.25, 0.3) is 0 Å². The third-order valence-electron chi connectivity index (χ3n) is 2.81. The van der Waals surface area contributed by atoms with Crippen molar-refractivity contribution >= 4 is 17.3 Å². The van der Waals surface area contributed by atoms with E-state index in [1.165, 1.54) is 11.3 Å². The highest BCUT2D eigenvalue weighted by Crippen LogP contribution is 2.25. The average Bonchev–Trinajstić information content (AvgIpc) is 2.38. The maximum atomic E-state index is 4.52. The van der Waals surface area contributed by atoms with Crippen molar-refractivity contribution in [3.8, 4) is 0 Å². The average molecular weight is 227 g/mol. The summed E-state index contributed by atoms with van der Waals surface area (Å²) in [4.78, 5) is 6.62. The van der Waals surface area contributed by atoms with Gasteiger partial charge in [0.25, 0.3) is 0 Å². The number of nitrogens with one attached hydrogen (secondary N) is 1. The summed E-state index contributed by atoms with van der Waals surface area (Å²) >= 11 is 0. The van der Waals surface area contributed by atoms with Crippen molar-refractivity contribution in [1.82, 2.24) is 4.98 Å². The minimum atomic E-state index is 0.878. The summed E-state index contributed by atoms with van der Waals surface area (Å²) in [5.74, 6) is 1.81. The standard InChI is InChI=1S/C14H17N3/c1-11-7-4-5-8-12(11)17(3)14-10-6-9-13(15-2)16-14/h4-10H,1-3H3,(H,15,16). The van der Waals surface area contributed by atoms with Gasteiger partial charge in [-0.05, 0) is 30.7 Å². The van der Waals surface area contributed by atoms with Crippen LogP contribution in [0.15, 0.2) is 42.5 Å². The predicted octanol–water partition coefficient (Wildman–Crippen LogP) is 3.20. The summed E-state index contributed by atoms with van der Waals surface area (Å²) in [5.41, 5.74) is 2.42. The molecule has 1 N–H and O–H groups in total. The smallest absolute Gasteiger partial charge is 0.135 e. The molecule has 2 aromatic rings. The van der Waals surface area contributed by atoms with Crippen LogP contribution in [-0.4, -0.2) is 19.1 Å². The number of nitrogens with zero attached hydrogens (tertiary/aromatic N) is 2. The Kier molecular flexibility index (Phi) is 3.28. The van der Waals surface area contributed by atoms with Crippen molar-refractivity contribution in [2.45, 2.75) is 6.92 Å². The molecular formula is C14H17N3. The van der Waals surface area contributed by atoms with Crippen LogP contribution in [0.2, 0.25) is 0 Å². The molecule has 1 aromatic heterocycles. The Morgan fingerprint density at radius 2 is 1.82 bits per heavy atom. The van der Waals surface area contributed by atoms with Crippen LogP contribution in [0.5, 0.6) is 0 Å². The molecule has 0 saturated carbocycles. The molecule has 1 heterocycles. The fourth-order valence-corrected chi connectivity index (χ4v) is 1.81. The first-order valence-electron chi connectivity index (χ1n) is 5.66. The van der Waals surface area contributed by atoms with Crippen LogP contribution in [0.4, 0.5) is 17.3 Å². The van der Waals surface area contributed by atoms with Crippen molar-refractivity contribution in [1.29, 1.82) is 0 Å². The summed E-state index contributed by atoms with van der Waals surface area (Å²) in [6, 6.07) is 14.3. The maximum absolute atomic E-state index is 4.52. The largest absolute Gasteiger partial charge is 0.373 e. The number of aryl methyl sites for hydroxylation is 1. The highest BCUT2D eigenvalue weighted by Gasteiger charge is 2.07. The van der Waals surface area contributed by atoms with Crippen molar-refractivity contribution in [2.24, 2.45) is 0 Å². The van der Waals surface area contributed by atoms with Crippen LogP contribution in [0, 0.1) is 6.92 Å². The normalized spacial score (nSPS) is 10.1. The molecule has 0 radical (unpaired) electrons. The first kappa shape index (κ1) is 11.5. The fourth-order valence-electron chi connectivity index (χ4n) is 1.81. The van der Waals surface area contributed by atoms with Gasteiger partial charge in [-0.25, -0.2) is 4.98 Å². The van der Waals surface area contributed by atoms with Crippen LogP contribution in [0.3, 0.4) is 0 Å². The van der Waals surface area contributed by atoms with Crippen molar-refractivity contribution in [2.75, 3.05) is 24.3 Å². The van der Waals surface area contributed by atoms with Gasteiger partial charge in [-0.15, -0.1) is 0 Å². The Balaban J connectivity index is 2.37. The van der Waals surface area contributed by atoms with Crippen molar-refractivity contribution in [3.05, 3.63) is 48.0 Å². The molecular weight excluding hydrogens is 210 g/mol. The van der Waals surface area contributed by atoms with Gasteiger partial charge in [-0.2, -0.15) is 0 Å². The molecule has 88 valence electrons. The maximum Gasteiger partial charge on any atom is 0.135 e. The SMILES string of the molecule is CNc1cccc(N(C)c2ccccc2C)n1. The Bertz CT molecular complexity index is 508. The second-order valence-corrected chi connectivity index (χ2v) is 3.98. The van der Waals surface area contributed by atoms with Gasteiger partial charge >= 0.3 is 0 Å². The Hall–Kier alpha value is -2.03. The van der Waals surface area contributed by atoms with Crippen molar-refractivity contribution < 1.29 is 0 Å². The minimum absolute atomic E-state index is 0.878. The Labute approximate surface area is 102 Å². The van der Waals surface area contributed by atoms with Gasteiger partial charge in [-0.1, -0.05) is 24.3 Å². The molecule has 3 heteroatoms. The lowest BCUT2D eigenvalue weighted by Crippen LogP contribution is -2.12. The molecule has 0 spiro atoms. The molecule has 0 saturated heterocycles. The lowest BCUT2D eigenvalue weighted by Gasteiger charge is -2.20. The van der Waals surface area contributed by atoms with E-state index in [0.717, 1.165) is 11.6 Å². The molecule has 0 aliphatic rings. The van der Waals surface area contributed by atoms with Crippen LogP contribution in [-0.2, 0) is 0 Å². The number of rotatable bonds is 3. The highest BCUT2D eigenvalue weighted by atomic mass is 15.2. The third kappa shape index (κ3) is 2.38. The molecule has 1 aromatic carbocycles. The van der Waals surface area contributed by atoms with E-state index in [2.05, 4.69) is 34.3 Å². The molecule has 0 fully saturated rings. The number of hydrogen-bond donors (Lipinski definition) is 1. The molecule has 0 unspecified atom stereocenters. The quantitative estimate of drug-likeness (QED) is 0.872. The van der Waals surface area contributed by atoms with Gasteiger partial charge in [0.2, 0.25) is 0 Å². The first-order chi connectivity index (χ1) is 8.22. The summed E-state index contributed by atoms with van der Waals surface area (Å²) < 4.78 is 0. The van der Waals surface area contributed by atoms with E-state index in [0.29, 0.717) is 0 Å². The molecule has 3 nitrogen and oxygen atoms in total. The molecule has 0 atom stereocenters. The van der Waals surface area contributed by atoms with E-state index >= 15 is 0 Å². The number of benzene rings is 1. The van der Waals surface area contributed by atoms with Crippen LogP contribution < -0.4 is 10.2 Å². The molecule has 0 bridgehead atoms. The van der Waals surface area contributed by atoms with E-state index in [9.17, 15) is 0 Å². The lowest BCUT2D eigenvalue weighted by atomic mass is 10.2.